The van der Waals surface area contributed by atoms with Gasteiger partial charge in [-0.25, -0.2) is 0 Å². The minimum Gasteiger partial charge on any atom is -0.303 e. The Morgan fingerprint density at radius 2 is 2.00 bits per heavy atom. The van der Waals surface area contributed by atoms with Gasteiger partial charge >= 0.3 is 6.18 Å². The van der Waals surface area contributed by atoms with Gasteiger partial charge in [-0.3, -0.25) is 0 Å². The molecule has 1 aromatic carbocycles. The standard InChI is InChI=1S/C10H8ClF3O/c1-6(5-15)7-2-3-8(9(11)4-7)10(12,13)14/h2-6H,1H3. The summed E-state index contributed by atoms with van der Waals surface area (Å²) in [6.45, 7) is 1.59. The van der Waals surface area contributed by atoms with Crippen molar-refractivity contribution < 1.29 is 18.0 Å². The Hall–Kier alpha value is -1.03. The Balaban J connectivity index is 3.14. The van der Waals surface area contributed by atoms with Crippen molar-refractivity contribution in [1.82, 2.24) is 0 Å². The smallest absolute Gasteiger partial charge is 0.303 e. The Kier molecular flexibility index (Phi) is 3.39. The predicted molar refractivity (Wildman–Crippen MR) is 50.9 cm³/mol. The largest absolute Gasteiger partial charge is 0.417 e. The number of halogens is 4. The summed E-state index contributed by atoms with van der Waals surface area (Å²) < 4.78 is 36.9. The maximum absolute atomic E-state index is 12.3. The highest BCUT2D eigenvalue weighted by atomic mass is 35.5. The van der Waals surface area contributed by atoms with Crippen LogP contribution in [0.15, 0.2) is 18.2 Å². The first-order valence-electron chi connectivity index (χ1n) is 4.18. The van der Waals surface area contributed by atoms with Crippen LogP contribution in [0.1, 0.15) is 24.0 Å². The molecule has 0 aromatic heterocycles. The van der Waals surface area contributed by atoms with E-state index in [9.17, 15) is 18.0 Å². The van der Waals surface area contributed by atoms with Crippen LogP contribution >= 0.6 is 11.6 Å². The molecule has 1 unspecified atom stereocenters. The van der Waals surface area contributed by atoms with E-state index in [-0.39, 0.29) is 5.02 Å². The summed E-state index contributed by atoms with van der Waals surface area (Å²) >= 11 is 5.48. The van der Waals surface area contributed by atoms with Crippen molar-refractivity contribution >= 4 is 17.9 Å². The topological polar surface area (TPSA) is 17.1 Å². The highest BCUT2D eigenvalue weighted by molar-refractivity contribution is 6.31. The first kappa shape index (κ1) is 12.0. The zero-order valence-corrected chi connectivity index (χ0v) is 8.56. The molecular weight excluding hydrogens is 229 g/mol. The molecule has 0 aliphatic rings. The van der Waals surface area contributed by atoms with Crippen molar-refractivity contribution in [3.8, 4) is 0 Å². The third-order valence-corrected chi connectivity index (χ3v) is 2.34. The Labute approximate surface area is 89.9 Å². The number of hydrogen-bond acceptors (Lipinski definition) is 1. The molecule has 1 rings (SSSR count). The van der Waals surface area contributed by atoms with Crippen LogP contribution in [0, 0.1) is 0 Å². The van der Waals surface area contributed by atoms with Gasteiger partial charge in [0.25, 0.3) is 0 Å². The highest BCUT2D eigenvalue weighted by Crippen LogP contribution is 2.35. The lowest BCUT2D eigenvalue weighted by Crippen LogP contribution is -2.06. The maximum Gasteiger partial charge on any atom is 0.417 e. The number of alkyl halides is 3. The normalized spacial score (nSPS) is 13.7. The Morgan fingerprint density at radius 3 is 2.40 bits per heavy atom. The van der Waals surface area contributed by atoms with E-state index in [4.69, 9.17) is 11.6 Å². The minimum absolute atomic E-state index is 0.381. The van der Waals surface area contributed by atoms with Gasteiger partial charge in [-0.05, 0) is 17.7 Å². The lowest BCUT2D eigenvalue weighted by Gasteiger charge is -2.11. The molecule has 82 valence electrons. The van der Waals surface area contributed by atoms with Crippen LogP contribution in [0.25, 0.3) is 0 Å². The van der Waals surface area contributed by atoms with Crippen molar-refractivity contribution in [2.75, 3.05) is 0 Å². The van der Waals surface area contributed by atoms with E-state index >= 15 is 0 Å². The fraction of sp³-hybridized carbons (Fsp3) is 0.300. The number of rotatable bonds is 2. The second kappa shape index (κ2) is 4.23. The molecule has 0 spiro atoms. The van der Waals surface area contributed by atoms with Crippen molar-refractivity contribution in [3.05, 3.63) is 34.3 Å². The van der Waals surface area contributed by atoms with Crippen molar-refractivity contribution in [3.63, 3.8) is 0 Å². The lowest BCUT2D eigenvalue weighted by atomic mass is 10.0. The first-order chi connectivity index (χ1) is 6.86. The summed E-state index contributed by atoms with van der Waals surface area (Å²) in [5, 5.41) is -0.381. The average Bonchev–Trinajstić information content (AvgIpc) is 2.14. The van der Waals surface area contributed by atoms with E-state index in [1.165, 1.54) is 12.1 Å². The van der Waals surface area contributed by atoms with Gasteiger partial charge in [0.05, 0.1) is 10.6 Å². The highest BCUT2D eigenvalue weighted by Gasteiger charge is 2.33. The SMILES string of the molecule is CC(C=O)c1ccc(C(F)(F)F)c(Cl)c1. The average molecular weight is 237 g/mol. The third-order valence-electron chi connectivity index (χ3n) is 2.03. The summed E-state index contributed by atoms with van der Waals surface area (Å²) in [5.74, 6) is -0.454. The van der Waals surface area contributed by atoms with E-state index in [0.29, 0.717) is 11.8 Å². The molecule has 1 atom stereocenters. The molecule has 0 aliphatic carbocycles. The van der Waals surface area contributed by atoms with Crippen LogP contribution in [0.2, 0.25) is 5.02 Å². The van der Waals surface area contributed by atoms with Gasteiger partial charge in [-0.15, -0.1) is 0 Å². The van der Waals surface area contributed by atoms with Gasteiger partial charge in [0, 0.05) is 5.92 Å². The number of benzene rings is 1. The van der Waals surface area contributed by atoms with E-state index < -0.39 is 17.7 Å². The second-order valence-corrected chi connectivity index (χ2v) is 3.57. The maximum atomic E-state index is 12.3. The fourth-order valence-electron chi connectivity index (χ4n) is 1.12. The minimum atomic E-state index is -4.46. The van der Waals surface area contributed by atoms with Gasteiger partial charge in [-0.1, -0.05) is 24.6 Å². The van der Waals surface area contributed by atoms with Crippen molar-refractivity contribution in [1.29, 1.82) is 0 Å². The van der Waals surface area contributed by atoms with E-state index in [1.807, 2.05) is 0 Å². The predicted octanol–water partition coefficient (Wildman–Crippen LogP) is 3.66. The van der Waals surface area contributed by atoms with Crippen LogP contribution in [-0.4, -0.2) is 6.29 Å². The molecule has 5 heteroatoms. The molecule has 0 saturated carbocycles. The Morgan fingerprint density at radius 1 is 1.40 bits per heavy atom. The summed E-state index contributed by atoms with van der Waals surface area (Å²) in [7, 11) is 0. The van der Waals surface area contributed by atoms with Gasteiger partial charge < -0.3 is 4.79 Å². The lowest BCUT2D eigenvalue weighted by molar-refractivity contribution is -0.137. The van der Waals surface area contributed by atoms with E-state index in [0.717, 1.165) is 6.07 Å². The van der Waals surface area contributed by atoms with Crippen LogP contribution in [0.4, 0.5) is 13.2 Å². The number of carbonyl (C=O) groups excluding carboxylic acids is 1. The van der Waals surface area contributed by atoms with Gasteiger partial charge in [0.15, 0.2) is 0 Å². The Bertz CT molecular complexity index is 373. The zero-order valence-electron chi connectivity index (χ0n) is 7.81. The quantitative estimate of drug-likeness (QED) is 0.716. The summed E-state index contributed by atoms with van der Waals surface area (Å²) in [6.07, 6.45) is -3.81. The van der Waals surface area contributed by atoms with E-state index in [2.05, 4.69) is 0 Å². The first-order valence-corrected chi connectivity index (χ1v) is 4.56. The van der Waals surface area contributed by atoms with Crippen LogP contribution in [0.5, 0.6) is 0 Å². The summed E-state index contributed by atoms with van der Waals surface area (Å²) in [5.41, 5.74) is -0.408. The number of aldehydes is 1. The third kappa shape index (κ3) is 2.72. The fourth-order valence-corrected chi connectivity index (χ4v) is 1.42. The molecule has 1 nitrogen and oxygen atoms in total. The molecule has 0 amide bonds. The molecule has 0 N–H and O–H groups in total. The van der Waals surface area contributed by atoms with Crippen molar-refractivity contribution in [2.45, 2.75) is 19.0 Å². The zero-order chi connectivity index (χ0) is 11.6. The molecule has 0 bridgehead atoms. The van der Waals surface area contributed by atoms with Crippen molar-refractivity contribution in [2.24, 2.45) is 0 Å². The van der Waals surface area contributed by atoms with Crippen LogP contribution in [0.3, 0.4) is 0 Å². The summed E-state index contributed by atoms with van der Waals surface area (Å²) in [6, 6.07) is 3.31. The van der Waals surface area contributed by atoms with E-state index in [1.54, 1.807) is 6.92 Å². The second-order valence-electron chi connectivity index (χ2n) is 3.16. The van der Waals surface area contributed by atoms with Gasteiger partial charge in [-0.2, -0.15) is 13.2 Å². The monoisotopic (exact) mass is 236 g/mol. The van der Waals surface area contributed by atoms with Crippen LogP contribution < -0.4 is 0 Å². The molecule has 0 fully saturated rings. The number of hydrogen-bond donors (Lipinski definition) is 0. The number of carbonyl (C=O) groups is 1. The molecule has 0 saturated heterocycles. The molecule has 15 heavy (non-hydrogen) atoms. The van der Waals surface area contributed by atoms with Crippen LogP contribution in [-0.2, 0) is 11.0 Å². The molecule has 0 aliphatic heterocycles. The molecule has 0 radical (unpaired) electrons. The van der Waals surface area contributed by atoms with Gasteiger partial charge in [0.2, 0.25) is 0 Å². The van der Waals surface area contributed by atoms with Gasteiger partial charge in [0.1, 0.15) is 6.29 Å². The molecule has 1 aromatic rings. The summed E-state index contributed by atoms with van der Waals surface area (Å²) in [4.78, 5) is 10.4. The molecular formula is C10H8ClF3O. The molecule has 0 heterocycles.